The van der Waals surface area contributed by atoms with Crippen molar-refractivity contribution >= 4 is 11.6 Å². The number of carbonyl (C=O) groups is 2. The predicted octanol–water partition coefficient (Wildman–Crippen LogP) is 0.961. The number of ketones is 2. The van der Waals surface area contributed by atoms with Gasteiger partial charge < -0.3 is 4.74 Å². The average molecular weight is 182 g/mol. The van der Waals surface area contributed by atoms with Gasteiger partial charge >= 0.3 is 0 Å². The first-order valence-electron chi connectivity index (χ1n) is 4.90. The zero-order valence-corrected chi connectivity index (χ0v) is 7.62. The molecule has 1 aliphatic heterocycles. The van der Waals surface area contributed by atoms with Crippen LogP contribution in [0.5, 0.6) is 0 Å². The van der Waals surface area contributed by atoms with E-state index in [1.54, 1.807) is 0 Å². The Morgan fingerprint density at radius 2 is 2.23 bits per heavy atom. The summed E-state index contributed by atoms with van der Waals surface area (Å²) in [5, 5.41) is 0. The standard InChI is InChI=1S/C10H14O3/c11-9-3-4-13-6-8(9)10(12)5-7-1-2-7/h7-8H,1-6H2. The normalized spacial score (nSPS) is 28.9. The molecule has 0 amide bonds. The monoisotopic (exact) mass is 182 g/mol. The molecule has 1 atom stereocenters. The molecule has 0 bridgehead atoms. The molecule has 2 aliphatic rings. The smallest absolute Gasteiger partial charge is 0.147 e. The van der Waals surface area contributed by atoms with Gasteiger partial charge in [-0.15, -0.1) is 0 Å². The van der Waals surface area contributed by atoms with Crippen LogP contribution in [-0.4, -0.2) is 24.8 Å². The van der Waals surface area contributed by atoms with Gasteiger partial charge in [-0.1, -0.05) is 0 Å². The van der Waals surface area contributed by atoms with E-state index in [0.29, 0.717) is 32.0 Å². The molecule has 13 heavy (non-hydrogen) atoms. The number of hydrogen-bond acceptors (Lipinski definition) is 3. The third-order valence-corrected chi connectivity index (χ3v) is 2.74. The van der Waals surface area contributed by atoms with Crippen molar-refractivity contribution in [2.24, 2.45) is 11.8 Å². The molecule has 0 spiro atoms. The summed E-state index contributed by atoms with van der Waals surface area (Å²) in [6.07, 6.45) is 3.34. The SMILES string of the molecule is O=C1CCOCC1C(=O)CC1CC1. The summed E-state index contributed by atoms with van der Waals surface area (Å²) in [7, 11) is 0. The third kappa shape index (κ3) is 2.15. The lowest BCUT2D eigenvalue weighted by molar-refractivity contribution is -0.140. The maximum Gasteiger partial charge on any atom is 0.147 e. The van der Waals surface area contributed by atoms with Gasteiger partial charge in [-0.05, 0) is 18.8 Å². The maximum absolute atomic E-state index is 11.6. The Labute approximate surface area is 77.4 Å². The van der Waals surface area contributed by atoms with E-state index >= 15 is 0 Å². The van der Waals surface area contributed by atoms with Crippen molar-refractivity contribution < 1.29 is 14.3 Å². The highest BCUT2D eigenvalue weighted by Crippen LogP contribution is 2.33. The van der Waals surface area contributed by atoms with E-state index < -0.39 is 5.92 Å². The van der Waals surface area contributed by atoms with Crippen LogP contribution in [0.3, 0.4) is 0 Å². The van der Waals surface area contributed by atoms with Crippen LogP contribution in [0.25, 0.3) is 0 Å². The molecule has 0 aromatic heterocycles. The lowest BCUT2D eigenvalue weighted by atomic mass is 9.93. The molecule has 72 valence electrons. The molecule has 0 N–H and O–H groups in total. The fraction of sp³-hybridized carbons (Fsp3) is 0.800. The fourth-order valence-corrected chi connectivity index (χ4v) is 1.66. The van der Waals surface area contributed by atoms with Crippen molar-refractivity contribution in [3.8, 4) is 0 Å². The Morgan fingerprint density at radius 1 is 1.46 bits per heavy atom. The van der Waals surface area contributed by atoms with Crippen LogP contribution in [0.4, 0.5) is 0 Å². The minimum Gasteiger partial charge on any atom is -0.380 e. The first-order valence-corrected chi connectivity index (χ1v) is 4.90. The van der Waals surface area contributed by atoms with Crippen molar-refractivity contribution in [2.75, 3.05) is 13.2 Å². The molecule has 1 saturated heterocycles. The summed E-state index contributed by atoms with van der Waals surface area (Å²) in [5.74, 6) is 0.320. The van der Waals surface area contributed by atoms with E-state index in [0.717, 1.165) is 12.8 Å². The zero-order valence-electron chi connectivity index (χ0n) is 7.62. The molecule has 1 saturated carbocycles. The van der Waals surface area contributed by atoms with Gasteiger partial charge in [0.25, 0.3) is 0 Å². The molecule has 0 radical (unpaired) electrons. The predicted molar refractivity (Wildman–Crippen MR) is 46.3 cm³/mol. The zero-order chi connectivity index (χ0) is 9.26. The van der Waals surface area contributed by atoms with Crippen LogP contribution in [0.1, 0.15) is 25.7 Å². The fourth-order valence-electron chi connectivity index (χ4n) is 1.66. The van der Waals surface area contributed by atoms with E-state index in [2.05, 4.69) is 0 Å². The number of ether oxygens (including phenoxy) is 1. The van der Waals surface area contributed by atoms with E-state index in [4.69, 9.17) is 4.74 Å². The second-order valence-corrected chi connectivity index (χ2v) is 3.96. The van der Waals surface area contributed by atoms with Gasteiger partial charge in [0, 0.05) is 12.8 Å². The Hall–Kier alpha value is -0.700. The first kappa shape index (κ1) is 8.88. The Balaban J connectivity index is 1.88. The largest absolute Gasteiger partial charge is 0.380 e. The molecule has 3 nitrogen and oxygen atoms in total. The molecule has 3 heteroatoms. The lowest BCUT2D eigenvalue weighted by Crippen LogP contribution is -2.34. The number of hydrogen-bond donors (Lipinski definition) is 0. The van der Waals surface area contributed by atoms with Gasteiger partial charge in [-0.25, -0.2) is 0 Å². The van der Waals surface area contributed by atoms with Crippen molar-refractivity contribution in [2.45, 2.75) is 25.7 Å². The first-order chi connectivity index (χ1) is 6.27. The minimum absolute atomic E-state index is 0.0805. The number of carbonyl (C=O) groups excluding carboxylic acids is 2. The van der Waals surface area contributed by atoms with E-state index in [1.165, 1.54) is 0 Å². The van der Waals surface area contributed by atoms with Gasteiger partial charge in [0.2, 0.25) is 0 Å². The molecule has 0 aromatic carbocycles. The highest BCUT2D eigenvalue weighted by molar-refractivity contribution is 6.03. The molecule has 1 unspecified atom stereocenters. The third-order valence-electron chi connectivity index (χ3n) is 2.74. The minimum atomic E-state index is -0.436. The van der Waals surface area contributed by atoms with Crippen molar-refractivity contribution in [3.63, 3.8) is 0 Å². The molecule has 0 aromatic rings. The van der Waals surface area contributed by atoms with Crippen LogP contribution in [-0.2, 0) is 14.3 Å². The van der Waals surface area contributed by atoms with Crippen molar-refractivity contribution in [3.05, 3.63) is 0 Å². The van der Waals surface area contributed by atoms with E-state index in [-0.39, 0.29) is 11.6 Å². The van der Waals surface area contributed by atoms with Crippen LogP contribution < -0.4 is 0 Å². The van der Waals surface area contributed by atoms with Crippen LogP contribution in [0.2, 0.25) is 0 Å². The van der Waals surface area contributed by atoms with Gasteiger partial charge in [0.15, 0.2) is 0 Å². The highest BCUT2D eigenvalue weighted by Gasteiger charge is 2.33. The average Bonchev–Trinajstić information content (AvgIpc) is 2.89. The number of Topliss-reactive ketones (excluding diaryl/α,β-unsaturated/α-hetero) is 2. The molecule has 2 fully saturated rings. The summed E-state index contributed by atoms with van der Waals surface area (Å²) in [6, 6.07) is 0. The van der Waals surface area contributed by atoms with Crippen LogP contribution in [0.15, 0.2) is 0 Å². The highest BCUT2D eigenvalue weighted by atomic mass is 16.5. The van der Waals surface area contributed by atoms with Gasteiger partial charge in [0.05, 0.1) is 19.1 Å². The van der Waals surface area contributed by atoms with Gasteiger partial charge in [0.1, 0.15) is 11.6 Å². The Kier molecular flexibility index (Phi) is 2.44. The molecule has 2 rings (SSSR count). The van der Waals surface area contributed by atoms with E-state index in [9.17, 15) is 9.59 Å². The molecular formula is C10H14O3. The second-order valence-electron chi connectivity index (χ2n) is 3.96. The van der Waals surface area contributed by atoms with E-state index in [1.807, 2.05) is 0 Å². The second kappa shape index (κ2) is 3.58. The van der Waals surface area contributed by atoms with Gasteiger partial charge in [-0.2, -0.15) is 0 Å². The quantitative estimate of drug-likeness (QED) is 0.610. The summed E-state index contributed by atoms with van der Waals surface area (Å²) in [5.41, 5.74) is 0. The van der Waals surface area contributed by atoms with Crippen LogP contribution in [0, 0.1) is 11.8 Å². The summed E-state index contributed by atoms with van der Waals surface area (Å²) < 4.78 is 5.13. The summed E-state index contributed by atoms with van der Waals surface area (Å²) >= 11 is 0. The topological polar surface area (TPSA) is 43.4 Å². The summed E-state index contributed by atoms with van der Waals surface area (Å²) in [6.45, 7) is 0.816. The van der Waals surface area contributed by atoms with Crippen molar-refractivity contribution in [1.82, 2.24) is 0 Å². The molecule has 1 heterocycles. The lowest BCUT2D eigenvalue weighted by Gasteiger charge is -2.19. The van der Waals surface area contributed by atoms with Crippen molar-refractivity contribution in [1.29, 1.82) is 0 Å². The van der Waals surface area contributed by atoms with Gasteiger partial charge in [-0.3, -0.25) is 9.59 Å². The molecular weight excluding hydrogens is 168 g/mol. The summed E-state index contributed by atoms with van der Waals surface area (Å²) in [4.78, 5) is 22.9. The molecule has 1 aliphatic carbocycles. The van der Waals surface area contributed by atoms with Crippen LogP contribution >= 0.6 is 0 Å². The maximum atomic E-state index is 11.6. The Bertz CT molecular complexity index is 230. The number of rotatable bonds is 3. The Morgan fingerprint density at radius 3 is 2.85 bits per heavy atom.